The minimum atomic E-state index is -0.297. The molecule has 0 aromatic carbocycles. The lowest BCUT2D eigenvalue weighted by atomic mass is 9.92. The minimum Gasteiger partial charge on any atom is -0.349 e. The standard InChI is InChI=1S/C14H26N4O2.ClH/c1-5-14(6-2,9-15)17-11(19)7-8-12-16-13(10(3)4)18-20-12;/h10H,5-9,15H2,1-4H3,(H,17,19);1H. The predicted octanol–water partition coefficient (Wildman–Crippen LogP) is 2.18. The third-order valence-corrected chi connectivity index (χ3v) is 3.71. The van der Waals surface area contributed by atoms with Gasteiger partial charge in [0.15, 0.2) is 5.82 Å². The molecule has 0 aliphatic carbocycles. The van der Waals surface area contributed by atoms with Crippen LogP contribution < -0.4 is 11.1 Å². The van der Waals surface area contributed by atoms with E-state index in [9.17, 15) is 4.79 Å². The molecule has 7 heteroatoms. The number of rotatable bonds is 8. The molecule has 0 aliphatic heterocycles. The first-order valence-corrected chi connectivity index (χ1v) is 7.30. The lowest BCUT2D eigenvalue weighted by Gasteiger charge is -2.31. The maximum atomic E-state index is 12.0. The van der Waals surface area contributed by atoms with Crippen molar-refractivity contribution in [3.05, 3.63) is 11.7 Å². The number of carbonyl (C=O) groups excluding carboxylic acids is 1. The Kier molecular flexibility index (Phi) is 8.51. The number of aryl methyl sites for hydroxylation is 1. The molecule has 0 unspecified atom stereocenters. The van der Waals surface area contributed by atoms with E-state index in [-0.39, 0.29) is 29.8 Å². The molecule has 1 amide bonds. The third-order valence-electron chi connectivity index (χ3n) is 3.71. The summed E-state index contributed by atoms with van der Waals surface area (Å²) in [5, 5.41) is 6.90. The Morgan fingerprint density at radius 3 is 2.43 bits per heavy atom. The highest BCUT2D eigenvalue weighted by Crippen LogP contribution is 2.14. The van der Waals surface area contributed by atoms with Gasteiger partial charge in [0.25, 0.3) is 0 Å². The predicted molar refractivity (Wildman–Crippen MR) is 84.5 cm³/mol. The van der Waals surface area contributed by atoms with E-state index in [0.29, 0.717) is 31.1 Å². The van der Waals surface area contributed by atoms with E-state index in [1.807, 2.05) is 27.7 Å². The molecule has 21 heavy (non-hydrogen) atoms. The van der Waals surface area contributed by atoms with Crippen molar-refractivity contribution in [3.63, 3.8) is 0 Å². The fourth-order valence-electron chi connectivity index (χ4n) is 1.95. The van der Waals surface area contributed by atoms with Gasteiger partial charge in [-0.1, -0.05) is 32.9 Å². The Labute approximate surface area is 132 Å². The highest BCUT2D eigenvalue weighted by molar-refractivity contribution is 5.85. The molecule has 6 nitrogen and oxygen atoms in total. The second-order valence-corrected chi connectivity index (χ2v) is 5.44. The fourth-order valence-corrected chi connectivity index (χ4v) is 1.95. The van der Waals surface area contributed by atoms with Gasteiger partial charge >= 0.3 is 0 Å². The summed E-state index contributed by atoms with van der Waals surface area (Å²) < 4.78 is 5.12. The number of nitrogens with one attached hydrogen (secondary N) is 1. The Morgan fingerprint density at radius 2 is 2.00 bits per heavy atom. The summed E-state index contributed by atoms with van der Waals surface area (Å²) in [5.74, 6) is 1.39. The average Bonchev–Trinajstić information content (AvgIpc) is 2.92. The SMILES string of the molecule is CCC(CC)(CN)NC(=O)CCc1nc(C(C)C)no1.Cl. The van der Waals surface area contributed by atoms with Crippen LogP contribution in [-0.4, -0.2) is 28.1 Å². The molecule has 0 radical (unpaired) electrons. The Bertz CT molecular complexity index is 422. The van der Waals surface area contributed by atoms with Crippen molar-refractivity contribution in [2.24, 2.45) is 5.73 Å². The second-order valence-electron chi connectivity index (χ2n) is 5.44. The van der Waals surface area contributed by atoms with E-state index >= 15 is 0 Å². The van der Waals surface area contributed by atoms with Crippen molar-refractivity contribution in [3.8, 4) is 0 Å². The zero-order chi connectivity index (χ0) is 15.2. The van der Waals surface area contributed by atoms with E-state index < -0.39 is 0 Å². The summed E-state index contributed by atoms with van der Waals surface area (Å²) >= 11 is 0. The van der Waals surface area contributed by atoms with Gasteiger partial charge in [-0.2, -0.15) is 4.98 Å². The van der Waals surface area contributed by atoms with Gasteiger partial charge in [0.1, 0.15) is 0 Å². The van der Waals surface area contributed by atoms with Gasteiger partial charge in [-0.05, 0) is 12.8 Å². The second kappa shape index (κ2) is 9.00. The lowest BCUT2D eigenvalue weighted by Crippen LogP contribution is -2.52. The van der Waals surface area contributed by atoms with E-state index in [1.54, 1.807) is 0 Å². The molecule has 0 fully saturated rings. The number of halogens is 1. The number of nitrogens with zero attached hydrogens (tertiary/aromatic N) is 2. The van der Waals surface area contributed by atoms with E-state index in [1.165, 1.54) is 0 Å². The van der Waals surface area contributed by atoms with Crippen molar-refractivity contribution in [2.45, 2.75) is 64.8 Å². The first kappa shape index (κ1) is 19.9. The molecule has 0 saturated heterocycles. The van der Waals surface area contributed by atoms with Crippen LogP contribution in [0.2, 0.25) is 0 Å². The highest BCUT2D eigenvalue weighted by atomic mass is 35.5. The highest BCUT2D eigenvalue weighted by Gasteiger charge is 2.26. The summed E-state index contributed by atoms with van der Waals surface area (Å²) in [4.78, 5) is 16.2. The summed E-state index contributed by atoms with van der Waals surface area (Å²) in [7, 11) is 0. The Balaban J connectivity index is 0.00000400. The molecule has 3 N–H and O–H groups in total. The minimum absolute atomic E-state index is 0. The fraction of sp³-hybridized carbons (Fsp3) is 0.786. The van der Waals surface area contributed by atoms with Crippen LogP contribution in [0, 0.1) is 0 Å². The van der Waals surface area contributed by atoms with Gasteiger partial charge in [0, 0.05) is 25.3 Å². The monoisotopic (exact) mass is 318 g/mol. The molecule has 122 valence electrons. The molecule has 0 spiro atoms. The summed E-state index contributed by atoms with van der Waals surface area (Å²) in [6.45, 7) is 8.51. The van der Waals surface area contributed by atoms with Gasteiger partial charge in [0.05, 0.1) is 5.54 Å². The Hall–Kier alpha value is -1.14. The topological polar surface area (TPSA) is 94.0 Å². The summed E-state index contributed by atoms with van der Waals surface area (Å²) in [6, 6.07) is 0. The van der Waals surface area contributed by atoms with Crippen molar-refractivity contribution < 1.29 is 9.32 Å². The Morgan fingerprint density at radius 1 is 1.38 bits per heavy atom. The number of carbonyl (C=O) groups is 1. The van der Waals surface area contributed by atoms with E-state index in [4.69, 9.17) is 10.3 Å². The largest absolute Gasteiger partial charge is 0.349 e. The van der Waals surface area contributed by atoms with Crippen molar-refractivity contribution in [1.29, 1.82) is 0 Å². The number of amides is 1. The van der Waals surface area contributed by atoms with Crippen LogP contribution in [0.25, 0.3) is 0 Å². The first-order chi connectivity index (χ1) is 9.46. The van der Waals surface area contributed by atoms with Gasteiger partial charge in [0.2, 0.25) is 11.8 Å². The average molecular weight is 319 g/mol. The van der Waals surface area contributed by atoms with Crippen molar-refractivity contribution in [2.75, 3.05) is 6.54 Å². The lowest BCUT2D eigenvalue weighted by molar-refractivity contribution is -0.123. The van der Waals surface area contributed by atoms with E-state index in [2.05, 4.69) is 15.5 Å². The number of hydrogen-bond donors (Lipinski definition) is 2. The molecule has 0 aliphatic rings. The first-order valence-electron chi connectivity index (χ1n) is 7.30. The molecule has 1 aromatic rings. The number of hydrogen-bond acceptors (Lipinski definition) is 5. The number of nitrogens with two attached hydrogens (primary N) is 1. The molecular weight excluding hydrogens is 292 g/mol. The molecular formula is C14H27ClN4O2. The quantitative estimate of drug-likeness (QED) is 0.766. The van der Waals surface area contributed by atoms with Crippen LogP contribution in [0.15, 0.2) is 4.52 Å². The van der Waals surface area contributed by atoms with Gasteiger partial charge < -0.3 is 15.6 Å². The maximum Gasteiger partial charge on any atom is 0.227 e. The molecule has 1 heterocycles. The summed E-state index contributed by atoms with van der Waals surface area (Å²) in [6.07, 6.45) is 2.44. The van der Waals surface area contributed by atoms with Crippen LogP contribution in [0.4, 0.5) is 0 Å². The zero-order valence-electron chi connectivity index (χ0n) is 13.3. The molecule has 0 bridgehead atoms. The van der Waals surface area contributed by atoms with Crippen molar-refractivity contribution >= 4 is 18.3 Å². The maximum absolute atomic E-state index is 12.0. The zero-order valence-corrected chi connectivity index (χ0v) is 14.1. The van der Waals surface area contributed by atoms with Crippen LogP contribution in [0.3, 0.4) is 0 Å². The van der Waals surface area contributed by atoms with E-state index in [0.717, 1.165) is 12.8 Å². The molecule has 0 saturated carbocycles. The van der Waals surface area contributed by atoms with Crippen LogP contribution in [0.1, 0.15) is 64.6 Å². The molecule has 0 atom stereocenters. The molecule has 1 rings (SSSR count). The van der Waals surface area contributed by atoms with Gasteiger partial charge in [-0.15, -0.1) is 12.4 Å². The van der Waals surface area contributed by atoms with Gasteiger partial charge in [-0.3, -0.25) is 4.79 Å². The number of aromatic nitrogens is 2. The smallest absolute Gasteiger partial charge is 0.227 e. The van der Waals surface area contributed by atoms with Crippen LogP contribution in [-0.2, 0) is 11.2 Å². The summed E-state index contributed by atoms with van der Waals surface area (Å²) in [5.41, 5.74) is 5.47. The van der Waals surface area contributed by atoms with Crippen LogP contribution >= 0.6 is 12.4 Å². The van der Waals surface area contributed by atoms with Crippen LogP contribution in [0.5, 0.6) is 0 Å². The normalized spacial score (nSPS) is 11.3. The van der Waals surface area contributed by atoms with Crippen molar-refractivity contribution in [1.82, 2.24) is 15.5 Å². The molecule has 1 aromatic heterocycles. The van der Waals surface area contributed by atoms with Gasteiger partial charge in [-0.25, -0.2) is 0 Å². The third kappa shape index (κ3) is 5.63.